The van der Waals surface area contributed by atoms with Crippen LogP contribution in [0.3, 0.4) is 0 Å². The third kappa shape index (κ3) is 8.59. The number of hydrogen-bond acceptors (Lipinski definition) is 4. The molecule has 0 spiro atoms. The van der Waals surface area contributed by atoms with Crippen LogP contribution in [0.25, 0.3) is 0 Å². The van der Waals surface area contributed by atoms with Crippen molar-refractivity contribution >= 4 is 5.91 Å². The third-order valence-corrected chi connectivity index (χ3v) is 2.10. The number of amides is 1. The van der Waals surface area contributed by atoms with Crippen LogP contribution >= 0.6 is 0 Å². The van der Waals surface area contributed by atoms with Crippen molar-refractivity contribution in [2.24, 2.45) is 5.92 Å². The first-order chi connectivity index (χ1) is 8.61. The van der Waals surface area contributed by atoms with Crippen molar-refractivity contribution in [2.45, 2.75) is 27.2 Å². The Morgan fingerprint density at radius 2 is 2.22 bits per heavy atom. The molecule has 0 fully saturated rings. The zero-order chi connectivity index (χ0) is 13.8. The molecule has 0 heterocycles. The van der Waals surface area contributed by atoms with Crippen molar-refractivity contribution < 1.29 is 9.53 Å². The summed E-state index contributed by atoms with van der Waals surface area (Å²) in [5.74, 6) is 0.0385. The number of nitrogens with zero attached hydrogens (tertiary/aromatic N) is 1. The van der Waals surface area contributed by atoms with Gasteiger partial charge in [0.2, 0.25) is 0 Å². The van der Waals surface area contributed by atoms with Gasteiger partial charge in [0, 0.05) is 32.5 Å². The summed E-state index contributed by atoms with van der Waals surface area (Å²) in [7, 11) is 0. The van der Waals surface area contributed by atoms with Gasteiger partial charge in [0.05, 0.1) is 0 Å². The van der Waals surface area contributed by atoms with Crippen molar-refractivity contribution in [3.63, 3.8) is 0 Å². The van der Waals surface area contributed by atoms with Crippen LogP contribution in [-0.2, 0) is 9.53 Å². The molecule has 5 heteroatoms. The number of rotatable bonds is 9. The number of carbonyl (C=O) groups is 1. The van der Waals surface area contributed by atoms with E-state index in [1.165, 1.54) is 6.20 Å². The van der Waals surface area contributed by atoms with Crippen LogP contribution in [0.2, 0.25) is 0 Å². The van der Waals surface area contributed by atoms with Crippen LogP contribution < -0.4 is 10.6 Å². The predicted molar refractivity (Wildman–Crippen MR) is 70.7 cm³/mol. The van der Waals surface area contributed by atoms with Crippen molar-refractivity contribution in [1.82, 2.24) is 10.6 Å². The highest BCUT2D eigenvalue weighted by molar-refractivity contribution is 5.97. The topological polar surface area (TPSA) is 74.1 Å². The molecule has 0 bridgehead atoms. The molecule has 0 aliphatic carbocycles. The molecule has 0 atom stereocenters. The lowest BCUT2D eigenvalue weighted by molar-refractivity contribution is -0.117. The van der Waals surface area contributed by atoms with E-state index in [1.54, 1.807) is 0 Å². The van der Waals surface area contributed by atoms with Crippen molar-refractivity contribution in [3.05, 3.63) is 11.8 Å². The lowest BCUT2D eigenvalue weighted by Gasteiger charge is -2.07. The number of nitrogens with one attached hydrogen (secondary N) is 2. The van der Waals surface area contributed by atoms with Crippen molar-refractivity contribution in [1.29, 1.82) is 5.26 Å². The molecule has 1 amide bonds. The first-order valence-corrected chi connectivity index (χ1v) is 6.31. The second kappa shape index (κ2) is 10.6. The van der Waals surface area contributed by atoms with E-state index in [0.717, 1.165) is 6.42 Å². The van der Waals surface area contributed by atoms with Gasteiger partial charge >= 0.3 is 0 Å². The fraction of sp³-hybridized carbons (Fsp3) is 0.692. The Balaban J connectivity index is 3.93. The van der Waals surface area contributed by atoms with E-state index in [-0.39, 0.29) is 11.5 Å². The second-order valence-electron chi connectivity index (χ2n) is 4.28. The average molecular weight is 253 g/mol. The summed E-state index contributed by atoms with van der Waals surface area (Å²) in [5.41, 5.74) is 0.104. The quantitative estimate of drug-likeness (QED) is 0.367. The Bertz CT molecular complexity index is 306. The summed E-state index contributed by atoms with van der Waals surface area (Å²) in [4.78, 5) is 11.6. The molecule has 0 aromatic rings. The fourth-order valence-electron chi connectivity index (χ4n) is 1.14. The smallest absolute Gasteiger partial charge is 0.263 e. The average Bonchev–Trinajstić information content (AvgIpc) is 2.35. The molecule has 18 heavy (non-hydrogen) atoms. The summed E-state index contributed by atoms with van der Waals surface area (Å²) in [6, 6.07) is 1.88. The van der Waals surface area contributed by atoms with Crippen LogP contribution in [0.1, 0.15) is 27.2 Å². The zero-order valence-electron chi connectivity index (χ0n) is 11.5. The first kappa shape index (κ1) is 16.5. The molecule has 102 valence electrons. The van der Waals surface area contributed by atoms with Crippen LogP contribution in [0, 0.1) is 17.2 Å². The fourth-order valence-corrected chi connectivity index (χ4v) is 1.14. The van der Waals surface area contributed by atoms with Gasteiger partial charge in [0.25, 0.3) is 5.91 Å². The minimum absolute atomic E-state index is 0.104. The Morgan fingerprint density at radius 1 is 1.50 bits per heavy atom. The molecule has 0 radical (unpaired) electrons. The van der Waals surface area contributed by atoms with Gasteiger partial charge in [-0.15, -0.1) is 0 Å². The Kier molecular flexibility index (Phi) is 9.70. The Hall–Kier alpha value is -1.54. The van der Waals surface area contributed by atoms with E-state index in [4.69, 9.17) is 10.00 Å². The number of carbonyl (C=O) groups excluding carboxylic acids is 1. The van der Waals surface area contributed by atoms with Gasteiger partial charge < -0.3 is 15.4 Å². The van der Waals surface area contributed by atoms with Crippen molar-refractivity contribution in [3.8, 4) is 6.07 Å². The van der Waals surface area contributed by atoms with Gasteiger partial charge in [0.1, 0.15) is 11.6 Å². The van der Waals surface area contributed by atoms with E-state index in [1.807, 2.05) is 26.8 Å². The minimum atomic E-state index is -0.330. The molecule has 2 N–H and O–H groups in total. The molecule has 0 rings (SSSR count). The van der Waals surface area contributed by atoms with E-state index in [0.29, 0.717) is 32.2 Å². The largest absolute Gasteiger partial charge is 0.390 e. The number of ether oxygens (including phenoxy) is 1. The number of hydrogen-bond donors (Lipinski definition) is 2. The highest BCUT2D eigenvalue weighted by Gasteiger charge is 2.08. The maximum absolute atomic E-state index is 11.6. The lowest BCUT2D eigenvalue weighted by atomic mass is 10.2. The summed E-state index contributed by atoms with van der Waals surface area (Å²) in [6.07, 6.45) is 2.30. The molecule has 0 saturated carbocycles. The second-order valence-corrected chi connectivity index (χ2v) is 4.28. The summed E-state index contributed by atoms with van der Waals surface area (Å²) < 4.78 is 5.17. The lowest BCUT2D eigenvalue weighted by Crippen LogP contribution is -2.29. The Labute approximate surface area is 109 Å². The molecule has 0 saturated heterocycles. The molecular weight excluding hydrogens is 230 g/mol. The molecular formula is C13H23N3O2. The maximum Gasteiger partial charge on any atom is 0.263 e. The van der Waals surface area contributed by atoms with Gasteiger partial charge in [-0.2, -0.15) is 5.26 Å². The van der Waals surface area contributed by atoms with E-state index in [9.17, 15) is 4.79 Å². The zero-order valence-corrected chi connectivity index (χ0v) is 11.5. The SMILES string of the molecule is CCOCCCN/C=C(/C#N)C(=O)NCC(C)C. The number of nitriles is 1. The van der Waals surface area contributed by atoms with Gasteiger partial charge in [-0.1, -0.05) is 13.8 Å². The molecule has 0 aromatic heterocycles. The summed E-state index contributed by atoms with van der Waals surface area (Å²) in [5, 5.41) is 14.5. The highest BCUT2D eigenvalue weighted by atomic mass is 16.5. The monoisotopic (exact) mass is 253 g/mol. The normalized spacial score (nSPS) is 11.2. The highest BCUT2D eigenvalue weighted by Crippen LogP contribution is 1.93. The summed E-state index contributed by atoms with van der Waals surface area (Å²) in [6.45, 7) is 8.59. The van der Waals surface area contributed by atoms with E-state index < -0.39 is 0 Å². The van der Waals surface area contributed by atoms with Gasteiger partial charge in [-0.25, -0.2) is 0 Å². The molecule has 0 aliphatic heterocycles. The van der Waals surface area contributed by atoms with Gasteiger partial charge in [-0.3, -0.25) is 4.79 Å². The van der Waals surface area contributed by atoms with Gasteiger partial charge in [-0.05, 0) is 19.3 Å². The van der Waals surface area contributed by atoms with Crippen LogP contribution in [0.5, 0.6) is 0 Å². The molecule has 0 aromatic carbocycles. The van der Waals surface area contributed by atoms with E-state index in [2.05, 4.69) is 10.6 Å². The molecule has 0 unspecified atom stereocenters. The molecule has 5 nitrogen and oxygen atoms in total. The Morgan fingerprint density at radius 3 is 2.78 bits per heavy atom. The summed E-state index contributed by atoms with van der Waals surface area (Å²) >= 11 is 0. The first-order valence-electron chi connectivity index (χ1n) is 6.31. The van der Waals surface area contributed by atoms with Gasteiger partial charge in [0.15, 0.2) is 0 Å². The maximum atomic E-state index is 11.6. The van der Waals surface area contributed by atoms with Crippen LogP contribution in [-0.4, -0.2) is 32.2 Å². The third-order valence-electron chi connectivity index (χ3n) is 2.10. The standard InChI is InChI=1S/C13H23N3O2/c1-4-18-7-5-6-15-10-12(8-14)13(17)16-9-11(2)3/h10-11,15H,4-7,9H2,1-3H3,(H,16,17)/b12-10-. The van der Waals surface area contributed by atoms with Crippen molar-refractivity contribution in [2.75, 3.05) is 26.3 Å². The van der Waals surface area contributed by atoms with E-state index >= 15 is 0 Å². The van der Waals surface area contributed by atoms with Crippen LogP contribution in [0.4, 0.5) is 0 Å². The molecule has 0 aliphatic rings. The predicted octanol–water partition coefficient (Wildman–Crippen LogP) is 1.18. The van der Waals surface area contributed by atoms with Crippen LogP contribution in [0.15, 0.2) is 11.8 Å². The minimum Gasteiger partial charge on any atom is -0.390 e.